The number of rotatable bonds is 5. The standard InChI is InChI=1S/C11H22N2O2/c1-3-5-11(6-4-7-12-11)10(15)13-9(2)8-14/h9,12,14H,3-8H2,1-2H3,(H,13,15)/t9-,11?/m1/s1. The van der Waals surface area contributed by atoms with Gasteiger partial charge in [-0.25, -0.2) is 0 Å². The maximum atomic E-state index is 12.0. The van der Waals surface area contributed by atoms with E-state index in [9.17, 15) is 4.79 Å². The van der Waals surface area contributed by atoms with Crippen molar-refractivity contribution in [1.82, 2.24) is 10.6 Å². The molecule has 1 fully saturated rings. The summed E-state index contributed by atoms with van der Waals surface area (Å²) in [6.07, 6.45) is 3.83. The Hall–Kier alpha value is -0.610. The first-order chi connectivity index (χ1) is 7.14. The van der Waals surface area contributed by atoms with Crippen molar-refractivity contribution in [3.05, 3.63) is 0 Å². The van der Waals surface area contributed by atoms with E-state index in [4.69, 9.17) is 5.11 Å². The van der Waals surface area contributed by atoms with Gasteiger partial charge < -0.3 is 15.7 Å². The lowest BCUT2D eigenvalue weighted by atomic mass is 9.90. The van der Waals surface area contributed by atoms with Crippen LogP contribution in [0, 0.1) is 0 Å². The lowest BCUT2D eigenvalue weighted by molar-refractivity contribution is -0.128. The minimum atomic E-state index is -0.377. The van der Waals surface area contributed by atoms with E-state index in [-0.39, 0.29) is 24.1 Å². The van der Waals surface area contributed by atoms with Crippen LogP contribution in [0.15, 0.2) is 0 Å². The third kappa shape index (κ3) is 2.92. The predicted octanol–water partition coefficient (Wildman–Crippen LogP) is 0.406. The van der Waals surface area contributed by atoms with E-state index in [1.54, 1.807) is 0 Å². The maximum Gasteiger partial charge on any atom is 0.240 e. The number of carbonyl (C=O) groups excluding carboxylic acids is 1. The van der Waals surface area contributed by atoms with E-state index < -0.39 is 0 Å². The van der Waals surface area contributed by atoms with Crippen molar-refractivity contribution < 1.29 is 9.90 Å². The summed E-state index contributed by atoms with van der Waals surface area (Å²) in [4.78, 5) is 12.0. The summed E-state index contributed by atoms with van der Waals surface area (Å²) in [5.41, 5.74) is -0.377. The van der Waals surface area contributed by atoms with Gasteiger partial charge in [-0.15, -0.1) is 0 Å². The van der Waals surface area contributed by atoms with Gasteiger partial charge >= 0.3 is 0 Å². The molecule has 1 heterocycles. The van der Waals surface area contributed by atoms with Gasteiger partial charge in [-0.3, -0.25) is 4.79 Å². The predicted molar refractivity (Wildman–Crippen MR) is 59.6 cm³/mol. The molecule has 1 saturated heterocycles. The normalized spacial score (nSPS) is 27.7. The summed E-state index contributed by atoms with van der Waals surface area (Å²) in [6, 6.07) is -0.159. The van der Waals surface area contributed by atoms with E-state index in [2.05, 4.69) is 17.6 Å². The summed E-state index contributed by atoms with van der Waals surface area (Å²) < 4.78 is 0. The van der Waals surface area contributed by atoms with Gasteiger partial charge in [0.05, 0.1) is 12.1 Å². The fraction of sp³-hybridized carbons (Fsp3) is 0.909. The molecule has 0 saturated carbocycles. The Balaban J connectivity index is 2.59. The molecular weight excluding hydrogens is 192 g/mol. The summed E-state index contributed by atoms with van der Waals surface area (Å²) in [6.45, 7) is 4.81. The molecule has 4 nitrogen and oxygen atoms in total. The Kier molecular flexibility index (Phi) is 4.54. The van der Waals surface area contributed by atoms with Gasteiger partial charge in [-0.1, -0.05) is 13.3 Å². The van der Waals surface area contributed by atoms with Crippen LogP contribution in [0.2, 0.25) is 0 Å². The van der Waals surface area contributed by atoms with Crippen LogP contribution in [0.5, 0.6) is 0 Å². The molecule has 1 amide bonds. The van der Waals surface area contributed by atoms with E-state index >= 15 is 0 Å². The van der Waals surface area contributed by atoms with E-state index in [1.807, 2.05) is 6.92 Å². The highest BCUT2D eigenvalue weighted by molar-refractivity contribution is 5.86. The zero-order chi connectivity index (χ0) is 11.3. The Morgan fingerprint density at radius 2 is 2.40 bits per heavy atom. The van der Waals surface area contributed by atoms with Crippen molar-refractivity contribution in [2.75, 3.05) is 13.2 Å². The molecule has 3 N–H and O–H groups in total. The maximum absolute atomic E-state index is 12.0. The minimum absolute atomic E-state index is 0.00601. The Morgan fingerprint density at radius 3 is 2.87 bits per heavy atom. The molecule has 0 bridgehead atoms. The summed E-state index contributed by atoms with van der Waals surface area (Å²) in [5, 5.41) is 15.1. The van der Waals surface area contributed by atoms with Gasteiger partial charge in [0.2, 0.25) is 5.91 Å². The third-order valence-corrected chi connectivity index (χ3v) is 3.01. The molecule has 1 aliphatic rings. The molecule has 88 valence electrons. The van der Waals surface area contributed by atoms with E-state index in [0.717, 1.165) is 32.2 Å². The van der Waals surface area contributed by atoms with Crippen LogP contribution in [-0.4, -0.2) is 35.7 Å². The first-order valence-electron chi connectivity index (χ1n) is 5.81. The molecule has 0 aromatic heterocycles. The Morgan fingerprint density at radius 1 is 1.67 bits per heavy atom. The third-order valence-electron chi connectivity index (χ3n) is 3.01. The molecule has 0 radical (unpaired) electrons. The molecular formula is C11H22N2O2. The number of hydrogen-bond acceptors (Lipinski definition) is 3. The van der Waals surface area contributed by atoms with Gasteiger partial charge in [0, 0.05) is 6.04 Å². The monoisotopic (exact) mass is 214 g/mol. The van der Waals surface area contributed by atoms with Crippen LogP contribution in [-0.2, 0) is 4.79 Å². The lowest BCUT2D eigenvalue weighted by Gasteiger charge is -2.29. The average Bonchev–Trinajstić information content (AvgIpc) is 2.68. The highest BCUT2D eigenvalue weighted by Gasteiger charge is 2.40. The first kappa shape index (κ1) is 12.5. The molecule has 0 aromatic rings. The first-order valence-corrected chi connectivity index (χ1v) is 5.81. The molecule has 0 aromatic carbocycles. The van der Waals surface area contributed by atoms with Gasteiger partial charge in [-0.2, -0.15) is 0 Å². The molecule has 15 heavy (non-hydrogen) atoms. The number of hydrogen-bond donors (Lipinski definition) is 3. The van der Waals surface area contributed by atoms with Crippen molar-refractivity contribution in [3.63, 3.8) is 0 Å². The zero-order valence-electron chi connectivity index (χ0n) is 9.68. The van der Waals surface area contributed by atoms with Crippen LogP contribution in [0.1, 0.15) is 39.5 Å². The average molecular weight is 214 g/mol. The molecule has 2 atom stereocenters. The lowest BCUT2D eigenvalue weighted by Crippen LogP contribution is -2.55. The van der Waals surface area contributed by atoms with Gasteiger partial charge in [0.15, 0.2) is 0 Å². The van der Waals surface area contributed by atoms with Gasteiger partial charge in [0.25, 0.3) is 0 Å². The van der Waals surface area contributed by atoms with Crippen LogP contribution < -0.4 is 10.6 Å². The minimum Gasteiger partial charge on any atom is -0.394 e. The number of carbonyl (C=O) groups is 1. The second-order valence-corrected chi connectivity index (χ2v) is 4.42. The summed E-state index contributed by atoms with van der Waals surface area (Å²) in [7, 11) is 0. The summed E-state index contributed by atoms with van der Waals surface area (Å²) >= 11 is 0. The highest BCUT2D eigenvalue weighted by Crippen LogP contribution is 2.24. The largest absolute Gasteiger partial charge is 0.394 e. The van der Waals surface area contributed by atoms with Crippen molar-refractivity contribution in [3.8, 4) is 0 Å². The topological polar surface area (TPSA) is 61.4 Å². The molecule has 0 spiro atoms. The fourth-order valence-corrected chi connectivity index (χ4v) is 2.16. The van der Waals surface area contributed by atoms with Crippen LogP contribution in [0.4, 0.5) is 0 Å². The SMILES string of the molecule is CCCC1(C(=O)N[C@H](C)CO)CCCN1. The Bertz CT molecular complexity index is 213. The Labute approximate surface area is 91.4 Å². The van der Waals surface area contributed by atoms with Gasteiger partial charge in [0.1, 0.15) is 0 Å². The summed E-state index contributed by atoms with van der Waals surface area (Å²) in [5.74, 6) is 0.0448. The molecule has 1 rings (SSSR count). The van der Waals surface area contributed by atoms with E-state index in [1.165, 1.54) is 0 Å². The van der Waals surface area contributed by atoms with Crippen molar-refractivity contribution in [1.29, 1.82) is 0 Å². The highest BCUT2D eigenvalue weighted by atomic mass is 16.3. The van der Waals surface area contributed by atoms with Crippen LogP contribution in [0.3, 0.4) is 0 Å². The number of nitrogens with one attached hydrogen (secondary N) is 2. The molecule has 1 aliphatic heterocycles. The smallest absolute Gasteiger partial charge is 0.240 e. The van der Waals surface area contributed by atoms with Crippen molar-refractivity contribution in [2.24, 2.45) is 0 Å². The molecule has 0 aliphatic carbocycles. The molecule has 4 heteroatoms. The quantitative estimate of drug-likeness (QED) is 0.621. The van der Waals surface area contributed by atoms with Gasteiger partial charge in [-0.05, 0) is 32.7 Å². The fourth-order valence-electron chi connectivity index (χ4n) is 2.16. The number of amides is 1. The van der Waals surface area contributed by atoms with Crippen molar-refractivity contribution >= 4 is 5.91 Å². The van der Waals surface area contributed by atoms with E-state index in [0.29, 0.717) is 0 Å². The second-order valence-electron chi connectivity index (χ2n) is 4.42. The second kappa shape index (κ2) is 5.47. The van der Waals surface area contributed by atoms with Crippen LogP contribution in [0.25, 0.3) is 0 Å². The zero-order valence-corrected chi connectivity index (χ0v) is 9.68. The number of aliphatic hydroxyl groups is 1. The number of aliphatic hydroxyl groups excluding tert-OH is 1. The molecule has 1 unspecified atom stereocenters. The van der Waals surface area contributed by atoms with Crippen LogP contribution >= 0.6 is 0 Å². The van der Waals surface area contributed by atoms with Crippen molar-refractivity contribution in [2.45, 2.75) is 51.1 Å².